The van der Waals surface area contributed by atoms with Crippen LogP contribution < -0.4 is 5.73 Å². The minimum absolute atomic E-state index is 0.0407. The monoisotopic (exact) mass is 238 g/mol. The molecule has 82 valence electrons. The molecule has 0 aliphatic heterocycles. The highest BCUT2D eigenvalue weighted by Crippen LogP contribution is 2.10. The van der Waals surface area contributed by atoms with Gasteiger partial charge in [0.2, 0.25) is 11.2 Å². The second kappa shape index (κ2) is 4.40. The van der Waals surface area contributed by atoms with E-state index >= 15 is 0 Å². The summed E-state index contributed by atoms with van der Waals surface area (Å²) in [4.78, 5) is 11.4. The summed E-state index contributed by atoms with van der Waals surface area (Å²) in [5, 5.41) is 0.0407. The summed E-state index contributed by atoms with van der Waals surface area (Å²) in [5.74, 6) is 0.181. The minimum Gasteiger partial charge on any atom is -0.368 e. The summed E-state index contributed by atoms with van der Waals surface area (Å²) in [7, 11) is 0. The Bertz CT molecular complexity index is 498. The Morgan fingerprint density at radius 2 is 2.06 bits per heavy atom. The van der Waals surface area contributed by atoms with Gasteiger partial charge in [0.25, 0.3) is 0 Å². The molecule has 2 aromatic rings. The molecular formula is C10H8ClFN4. The van der Waals surface area contributed by atoms with Gasteiger partial charge in [-0.2, -0.15) is 9.97 Å². The summed E-state index contributed by atoms with van der Waals surface area (Å²) in [6, 6.07) is 6.18. The molecule has 2 N–H and O–H groups in total. The van der Waals surface area contributed by atoms with Crippen LogP contribution in [-0.4, -0.2) is 15.0 Å². The lowest BCUT2D eigenvalue weighted by Gasteiger charge is -2.01. The first kappa shape index (κ1) is 10.8. The first-order chi connectivity index (χ1) is 7.63. The highest BCUT2D eigenvalue weighted by atomic mass is 35.5. The van der Waals surface area contributed by atoms with E-state index in [9.17, 15) is 4.39 Å². The third-order valence-corrected chi connectivity index (χ3v) is 2.09. The Balaban J connectivity index is 2.27. The predicted molar refractivity (Wildman–Crippen MR) is 58.5 cm³/mol. The first-order valence-electron chi connectivity index (χ1n) is 4.54. The van der Waals surface area contributed by atoms with Gasteiger partial charge in [-0.15, -0.1) is 0 Å². The van der Waals surface area contributed by atoms with Crippen LogP contribution in [0.1, 0.15) is 11.4 Å². The van der Waals surface area contributed by atoms with Gasteiger partial charge in [-0.1, -0.05) is 12.1 Å². The number of aromatic nitrogens is 3. The largest absolute Gasteiger partial charge is 0.368 e. The third-order valence-electron chi connectivity index (χ3n) is 1.92. The van der Waals surface area contributed by atoms with Crippen LogP contribution in [0.3, 0.4) is 0 Å². The quantitative estimate of drug-likeness (QED) is 0.867. The Morgan fingerprint density at radius 1 is 1.25 bits per heavy atom. The number of halogens is 2. The Labute approximate surface area is 96.3 Å². The van der Waals surface area contributed by atoms with Crippen molar-refractivity contribution in [2.45, 2.75) is 6.42 Å². The molecule has 0 unspecified atom stereocenters. The molecule has 6 heteroatoms. The number of nitrogens with zero attached hydrogens (tertiary/aromatic N) is 3. The van der Waals surface area contributed by atoms with Crippen LogP contribution in [0.25, 0.3) is 0 Å². The summed E-state index contributed by atoms with van der Waals surface area (Å²) in [6.07, 6.45) is 0.365. The van der Waals surface area contributed by atoms with E-state index in [1.165, 1.54) is 12.1 Å². The van der Waals surface area contributed by atoms with Gasteiger partial charge in [-0.3, -0.25) is 0 Å². The number of hydrogen-bond acceptors (Lipinski definition) is 4. The lowest BCUT2D eigenvalue weighted by Crippen LogP contribution is -2.03. The van der Waals surface area contributed by atoms with Crippen LogP contribution in [0.4, 0.5) is 10.3 Å². The zero-order chi connectivity index (χ0) is 11.5. The lowest BCUT2D eigenvalue weighted by atomic mass is 10.1. The Kier molecular flexibility index (Phi) is 2.96. The molecule has 0 saturated carbocycles. The number of benzene rings is 1. The van der Waals surface area contributed by atoms with Crippen molar-refractivity contribution in [3.8, 4) is 0 Å². The van der Waals surface area contributed by atoms with Crippen molar-refractivity contribution in [1.29, 1.82) is 0 Å². The van der Waals surface area contributed by atoms with E-state index in [2.05, 4.69) is 15.0 Å². The van der Waals surface area contributed by atoms with Crippen LogP contribution in [0.2, 0.25) is 5.28 Å². The number of nitrogen functional groups attached to an aromatic ring is 1. The van der Waals surface area contributed by atoms with Crippen molar-refractivity contribution < 1.29 is 4.39 Å². The van der Waals surface area contributed by atoms with E-state index in [1.54, 1.807) is 12.1 Å². The van der Waals surface area contributed by atoms with Crippen molar-refractivity contribution in [2.75, 3.05) is 5.73 Å². The molecule has 0 bridgehead atoms. The molecule has 0 aliphatic carbocycles. The number of hydrogen-bond donors (Lipinski definition) is 1. The zero-order valence-electron chi connectivity index (χ0n) is 8.19. The van der Waals surface area contributed by atoms with E-state index in [0.717, 1.165) is 5.56 Å². The van der Waals surface area contributed by atoms with E-state index in [-0.39, 0.29) is 17.0 Å². The standard InChI is InChI=1S/C10H8ClFN4/c11-9-14-8(15-10(13)16-9)5-6-2-1-3-7(12)4-6/h1-4H,5H2,(H2,13,14,15,16). The van der Waals surface area contributed by atoms with Gasteiger partial charge in [0.05, 0.1) is 0 Å². The fourth-order valence-electron chi connectivity index (χ4n) is 1.32. The van der Waals surface area contributed by atoms with Crippen molar-refractivity contribution in [2.24, 2.45) is 0 Å². The van der Waals surface area contributed by atoms with Gasteiger partial charge >= 0.3 is 0 Å². The number of rotatable bonds is 2. The van der Waals surface area contributed by atoms with Crippen LogP contribution in [0, 0.1) is 5.82 Å². The summed E-state index contributed by atoms with van der Waals surface area (Å²) in [5.41, 5.74) is 6.17. The van der Waals surface area contributed by atoms with Crippen molar-refractivity contribution in [1.82, 2.24) is 15.0 Å². The molecule has 1 heterocycles. The smallest absolute Gasteiger partial charge is 0.227 e. The molecule has 0 aliphatic rings. The zero-order valence-corrected chi connectivity index (χ0v) is 8.95. The van der Waals surface area contributed by atoms with E-state index < -0.39 is 0 Å². The Hall–Kier alpha value is -1.75. The van der Waals surface area contributed by atoms with Gasteiger partial charge in [0.15, 0.2) is 0 Å². The van der Waals surface area contributed by atoms with Gasteiger partial charge in [0.1, 0.15) is 11.6 Å². The normalized spacial score (nSPS) is 10.4. The molecule has 16 heavy (non-hydrogen) atoms. The maximum atomic E-state index is 12.9. The van der Waals surface area contributed by atoms with Crippen molar-refractivity contribution in [3.63, 3.8) is 0 Å². The maximum absolute atomic E-state index is 12.9. The molecule has 2 rings (SSSR count). The molecule has 0 radical (unpaired) electrons. The molecule has 4 nitrogen and oxygen atoms in total. The third kappa shape index (κ3) is 2.64. The van der Waals surface area contributed by atoms with Crippen LogP contribution in [0.5, 0.6) is 0 Å². The second-order valence-corrected chi connectivity index (χ2v) is 3.52. The topological polar surface area (TPSA) is 64.7 Å². The maximum Gasteiger partial charge on any atom is 0.227 e. The van der Waals surface area contributed by atoms with Gasteiger partial charge in [-0.05, 0) is 29.3 Å². The Morgan fingerprint density at radius 3 is 2.75 bits per heavy atom. The van der Waals surface area contributed by atoms with Gasteiger partial charge in [0, 0.05) is 6.42 Å². The molecule has 0 fully saturated rings. The minimum atomic E-state index is -0.300. The van der Waals surface area contributed by atoms with Crippen LogP contribution in [-0.2, 0) is 6.42 Å². The first-order valence-corrected chi connectivity index (χ1v) is 4.91. The molecular weight excluding hydrogens is 231 g/mol. The predicted octanol–water partition coefficient (Wildman–Crippen LogP) is 1.84. The summed E-state index contributed by atoms with van der Waals surface area (Å²) in [6.45, 7) is 0. The van der Waals surface area contributed by atoms with E-state index in [0.29, 0.717) is 12.2 Å². The van der Waals surface area contributed by atoms with E-state index in [1.807, 2.05) is 0 Å². The molecule has 1 aromatic heterocycles. The molecule has 1 aromatic carbocycles. The van der Waals surface area contributed by atoms with E-state index in [4.69, 9.17) is 17.3 Å². The van der Waals surface area contributed by atoms with Crippen molar-refractivity contribution >= 4 is 17.5 Å². The van der Waals surface area contributed by atoms with Crippen LogP contribution >= 0.6 is 11.6 Å². The molecule has 0 amide bonds. The summed E-state index contributed by atoms with van der Waals surface area (Å²) >= 11 is 5.63. The second-order valence-electron chi connectivity index (χ2n) is 3.19. The SMILES string of the molecule is Nc1nc(Cl)nc(Cc2cccc(F)c2)n1. The summed E-state index contributed by atoms with van der Waals surface area (Å²) < 4.78 is 12.9. The fourth-order valence-corrected chi connectivity index (χ4v) is 1.50. The lowest BCUT2D eigenvalue weighted by molar-refractivity contribution is 0.625. The number of anilines is 1. The van der Waals surface area contributed by atoms with Gasteiger partial charge < -0.3 is 5.73 Å². The average molecular weight is 239 g/mol. The van der Waals surface area contributed by atoms with Crippen LogP contribution in [0.15, 0.2) is 24.3 Å². The fraction of sp³-hybridized carbons (Fsp3) is 0.100. The van der Waals surface area contributed by atoms with Crippen molar-refractivity contribution in [3.05, 3.63) is 46.8 Å². The molecule has 0 atom stereocenters. The highest BCUT2D eigenvalue weighted by molar-refractivity contribution is 6.28. The number of nitrogens with two attached hydrogens (primary N) is 1. The highest BCUT2D eigenvalue weighted by Gasteiger charge is 2.04. The van der Waals surface area contributed by atoms with Gasteiger partial charge in [-0.25, -0.2) is 9.37 Å². The molecule has 0 saturated heterocycles. The average Bonchev–Trinajstić information content (AvgIpc) is 2.15. The molecule has 0 spiro atoms.